The van der Waals surface area contributed by atoms with Crippen LogP contribution in [-0.2, 0) is 0 Å². The van der Waals surface area contributed by atoms with Crippen molar-refractivity contribution < 1.29 is 4.79 Å². The van der Waals surface area contributed by atoms with Gasteiger partial charge in [-0.15, -0.1) is 0 Å². The number of para-hydroxylation sites is 1. The summed E-state index contributed by atoms with van der Waals surface area (Å²) in [5.74, 6) is 0.0727. The van der Waals surface area contributed by atoms with Gasteiger partial charge in [0.1, 0.15) is 0 Å². The molecular weight excluding hydrogens is 324 g/mol. The van der Waals surface area contributed by atoms with E-state index in [1.807, 2.05) is 41.4 Å². The first kappa shape index (κ1) is 15.0. The van der Waals surface area contributed by atoms with Crippen molar-refractivity contribution in [2.24, 2.45) is 0 Å². The van der Waals surface area contributed by atoms with Crippen LogP contribution in [-0.4, -0.2) is 47.0 Å². The maximum Gasteiger partial charge on any atom is 0.256 e. The van der Waals surface area contributed by atoms with E-state index in [2.05, 4.69) is 14.9 Å². The lowest BCUT2D eigenvalue weighted by Gasteiger charge is -2.36. The molecule has 3 heterocycles. The van der Waals surface area contributed by atoms with Crippen LogP contribution in [0.5, 0.6) is 0 Å². The number of nitrogens with zero attached hydrogens (tertiary/aromatic N) is 3. The molecule has 2 aromatic heterocycles. The first-order valence-corrected chi connectivity index (χ1v) is 8.31. The summed E-state index contributed by atoms with van der Waals surface area (Å²) in [7, 11) is 0. The van der Waals surface area contributed by atoms with Crippen molar-refractivity contribution in [2.75, 3.05) is 31.1 Å². The van der Waals surface area contributed by atoms with E-state index in [9.17, 15) is 4.79 Å². The van der Waals surface area contributed by atoms with E-state index in [4.69, 9.17) is 11.6 Å². The Kier molecular flexibility index (Phi) is 3.86. The summed E-state index contributed by atoms with van der Waals surface area (Å²) in [4.78, 5) is 24.2. The number of hydrogen-bond acceptors (Lipinski definition) is 3. The van der Waals surface area contributed by atoms with Gasteiger partial charge in [-0.05, 0) is 18.2 Å². The van der Waals surface area contributed by atoms with Gasteiger partial charge in [-0.3, -0.25) is 9.78 Å². The number of anilines is 1. The quantitative estimate of drug-likeness (QED) is 0.779. The van der Waals surface area contributed by atoms with Crippen LogP contribution in [0.15, 0.2) is 48.9 Å². The topological polar surface area (TPSA) is 52.2 Å². The summed E-state index contributed by atoms with van der Waals surface area (Å²) in [5, 5.41) is 1.71. The fourth-order valence-electron chi connectivity index (χ4n) is 3.21. The molecule has 0 spiro atoms. The van der Waals surface area contributed by atoms with Crippen molar-refractivity contribution in [2.45, 2.75) is 0 Å². The van der Waals surface area contributed by atoms with Crippen LogP contribution >= 0.6 is 11.6 Å². The van der Waals surface area contributed by atoms with Gasteiger partial charge < -0.3 is 14.8 Å². The molecule has 1 fully saturated rings. The molecule has 0 radical (unpaired) electrons. The van der Waals surface area contributed by atoms with Gasteiger partial charge in [-0.2, -0.15) is 0 Å². The summed E-state index contributed by atoms with van der Waals surface area (Å²) in [5.41, 5.74) is 2.61. The third-order valence-corrected chi connectivity index (χ3v) is 4.77. The molecule has 24 heavy (non-hydrogen) atoms. The Morgan fingerprint density at radius 3 is 2.75 bits per heavy atom. The average molecular weight is 341 g/mol. The lowest BCUT2D eigenvalue weighted by molar-refractivity contribution is 0.0748. The van der Waals surface area contributed by atoms with E-state index in [-0.39, 0.29) is 5.91 Å². The molecule has 122 valence electrons. The zero-order valence-electron chi connectivity index (χ0n) is 13.1. The highest BCUT2D eigenvalue weighted by Gasteiger charge is 2.24. The largest absolute Gasteiger partial charge is 0.367 e. The highest BCUT2D eigenvalue weighted by atomic mass is 35.5. The molecule has 1 aliphatic heterocycles. The summed E-state index contributed by atoms with van der Waals surface area (Å²) in [6.07, 6.45) is 5.26. The maximum absolute atomic E-state index is 12.9. The van der Waals surface area contributed by atoms with Gasteiger partial charge in [0, 0.05) is 50.2 Å². The standard InChI is InChI=1S/C18H17ClN4O/c19-15-12-20-6-5-16(15)22-8-10-23(11-9-22)18(24)14-3-1-2-13-4-7-21-17(13)14/h1-7,12,21H,8-11H2. The highest BCUT2D eigenvalue weighted by Crippen LogP contribution is 2.26. The second-order valence-electron chi connectivity index (χ2n) is 5.85. The average Bonchev–Trinajstić information content (AvgIpc) is 3.10. The normalized spacial score (nSPS) is 15.0. The number of aromatic amines is 1. The van der Waals surface area contributed by atoms with Crippen LogP contribution in [0.1, 0.15) is 10.4 Å². The lowest BCUT2D eigenvalue weighted by Crippen LogP contribution is -2.49. The number of amides is 1. The molecule has 0 unspecified atom stereocenters. The molecule has 0 aliphatic carbocycles. The van der Waals surface area contributed by atoms with Crippen LogP contribution in [0.4, 0.5) is 5.69 Å². The Labute approximate surface area is 144 Å². The molecule has 1 N–H and O–H groups in total. The summed E-state index contributed by atoms with van der Waals surface area (Å²) in [6.45, 7) is 2.87. The van der Waals surface area contributed by atoms with Crippen molar-refractivity contribution in [3.63, 3.8) is 0 Å². The van der Waals surface area contributed by atoms with E-state index < -0.39 is 0 Å². The van der Waals surface area contributed by atoms with Gasteiger partial charge in [0.05, 0.1) is 21.8 Å². The maximum atomic E-state index is 12.9. The highest BCUT2D eigenvalue weighted by molar-refractivity contribution is 6.33. The molecule has 6 heteroatoms. The molecule has 1 amide bonds. The van der Waals surface area contributed by atoms with Crippen molar-refractivity contribution in [1.29, 1.82) is 0 Å². The Hall–Kier alpha value is -2.53. The van der Waals surface area contributed by atoms with Crippen LogP contribution in [0, 0.1) is 0 Å². The predicted octanol–water partition coefficient (Wildman–Crippen LogP) is 3.18. The minimum absolute atomic E-state index is 0.0727. The molecule has 1 saturated heterocycles. The number of nitrogens with one attached hydrogen (secondary N) is 1. The van der Waals surface area contributed by atoms with Crippen LogP contribution in [0.25, 0.3) is 10.9 Å². The third-order valence-electron chi connectivity index (χ3n) is 4.48. The smallest absolute Gasteiger partial charge is 0.256 e. The number of rotatable bonds is 2. The first-order valence-electron chi connectivity index (χ1n) is 7.94. The van der Waals surface area contributed by atoms with Crippen molar-refractivity contribution >= 4 is 34.1 Å². The number of hydrogen-bond donors (Lipinski definition) is 1. The molecule has 1 aliphatic rings. The number of piperazine rings is 1. The zero-order valence-corrected chi connectivity index (χ0v) is 13.8. The monoisotopic (exact) mass is 340 g/mol. The minimum atomic E-state index is 0.0727. The molecule has 5 nitrogen and oxygen atoms in total. The number of aromatic nitrogens is 2. The van der Waals surface area contributed by atoms with Crippen LogP contribution < -0.4 is 4.90 Å². The molecule has 0 atom stereocenters. The number of carbonyl (C=O) groups is 1. The molecule has 0 saturated carbocycles. The number of fused-ring (bicyclic) bond motifs is 1. The predicted molar refractivity (Wildman–Crippen MR) is 95.7 cm³/mol. The third kappa shape index (κ3) is 2.61. The molecule has 0 bridgehead atoms. The number of carbonyl (C=O) groups excluding carboxylic acids is 1. The summed E-state index contributed by atoms with van der Waals surface area (Å²) >= 11 is 6.22. The number of benzene rings is 1. The second-order valence-corrected chi connectivity index (χ2v) is 6.26. The lowest BCUT2D eigenvalue weighted by atomic mass is 10.1. The van der Waals surface area contributed by atoms with Gasteiger partial charge in [0.15, 0.2) is 0 Å². The van der Waals surface area contributed by atoms with Crippen molar-refractivity contribution in [3.05, 3.63) is 59.5 Å². The summed E-state index contributed by atoms with van der Waals surface area (Å²) in [6, 6.07) is 9.71. The van der Waals surface area contributed by atoms with E-state index >= 15 is 0 Å². The van der Waals surface area contributed by atoms with Crippen LogP contribution in [0.2, 0.25) is 5.02 Å². The number of pyridine rings is 1. The van der Waals surface area contributed by atoms with Crippen molar-refractivity contribution in [3.8, 4) is 0 Å². The van der Waals surface area contributed by atoms with Gasteiger partial charge in [0.2, 0.25) is 0 Å². The second kappa shape index (κ2) is 6.17. The molecule has 3 aromatic rings. The molecule has 4 rings (SSSR count). The van der Waals surface area contributed by atoms with E-state index in [1.165, 1.54) is 0 Å². The van der Waals surface area contributed by atoms with Gasteiger partial charge >= 0.3 is 0 Å². The van der Waals surface area contributed by atoms with Crippen LogP contribution in [0.3, 0.4) is 0 Å². The molecule has 1 aromatic carbocycles. The SMILES string of the molecule is O=C(c1cccc2cc[nH]c12)N1CCN(c2ccncc2Cl)CC1. The fourth-order valence-corrected chi connectivity index (χ4v) is 3.45. The Morgan fingerprint density at radius 2 is 1.96 bits per heavy atom. The van der Waals surface area contributed by atoms with Gasteiger partial charge in [0.25, 0.3) is 5.91 Å². The summed E-state index contributed by atoms with van der Waals surface area (Å²) < 4.78 is 0. The van der Waals surface area contributed by atoms with Crippen molar-refractivity contribution in [1.82, 2.24) is 14.9 Å². The van der Waals surface area contributed by atoms with E-state index in [0.717, 1.165) is 35.2 Å². The Balaban J connectivity index is 1.51. The molecular formula is C18H17ClN4O. The van der Waals surface area contributed by atoms with Gasteiger partial charge in [-0.25, -0.2) is 0 Å². The fraction of sp³-hybridized carbons (Fsp3) is 0.222. The van der Waals surface area contributed by atoms with E-state index in [1.54, 1.807) is 12.4 Å². The number of halogens is 1. The Morgan fingerprint density at radius 1 is 1.12 bits per heavy atom. The zero-order chi connectivity index (χ0) is 16.5. The number of H-pyrrole nitrogens is 1. The van der Waals surface area contributed by atoms with E-state index in [0.29, 0.717) is 18.1 Å². The Bertz CT molecular complexity index is 883. The first-order chi connectivity index (χ1) is 11.7. The van der Waals surface area contributed by atoms with Gasteiger partial charge in [-0.1, -0.05) is 23.7 Å². The minimum Gasteiger partial charge on any atom is -0.367 e.